The van der Waals surface area contributed by atoms with Crippen molar-refractivity contribution in [3.05, 3.63) is 0 Å². The highest BCUT2D eigenvalue weighted by molar-refractivity contribution is 5.82. The molecule has 1 unspecified atom stereocenters. The summed E-state index contributed by atoms with van der Waals surface area (Å²) in [6.45, 7) is 6.03. The van der Waals surface area contributed by atoms with Gasteiger partial charge in [-0.2, -0.15) is 0 Å². The summed E-state index contributed by atoms with van der Waals surface area (Å²) in [7, 11) is 0. The van der Waals surface area contributed by atoms with Gasteiger partial charge in [0.2, 0.25) is 0 Å². The molecule has 14 heavy (non-hydrogen) atoms. The Balaban J connectivity index is 3.71. The van der Waals surface area contributed by atoms with E-state index in [9.17, 15) is 9.59 Å². The highest BCUT2D eigenvalue weighted by Gasteiger charge is 2.13. The Morgan fingerprint density at radius 2 is 1.93 bits per heavy atom. The standard InChI is InChI=1S/C9H18N2O3/c1-4-6(2)5-10-9(14)11-7(3)8(12)13/h6-7H,4-5H2,1-3H3,(H,12,13)(H2,10,11,14)/t6?,7-/m1/s1. The lowest BCUT2D eigenvalue weighted by atomic mass is 10.1. The fourth-order valence-corrected chi connectivity index (χ4v) is 0.721. The van der Waals surface area contributed by atoms with Crippen molar-refractivity contribution in [2.75, 3.05) is 6.54 Å². The van der Waals surface area contributed by atoms with Gasteiger partial charge >= 0.3 is 12.0 Å². The second kappa shape index (κ2) is 6.23. The Kier molecular flexibility index (Phi) is 5.67. The van der Waals surface area contributed by atoms with Gasteiger partial charge in [0, 0.05) is 6.54 Å². The molecule has 3 N–H and O–H groups in total. The minimum Gasteiger partial charge on any atom is -0.480 e. The average molecular weight is 202 g/mol. The van der Waals surface area contributed by atoms with E-state index in [4.69, 9.17) is 5.11 Å². The molecule has 0 saturated heterocycles. The lowest BCUT2D eigenvalue weighted by molar-refractivity contribution is -0.138. The van der Waals surface area contributed by atoms with E-state index < -0.39 is 18.0 Å². The van der Waals surface area contributed by atoms with Gasteiger partial charge in [-0.05, 0) is 12.8 Å². The molecule has 0 saturated carbocycles. The van der Waals surface area contributed by atoms with Crippen LogP contribution in [0.5, 0.6) is 0 Å². The summed E-state index contributed by atoms with van der Waals surface area (Å²) in [4.78, 5) is 21.5. The number of carbonyl (C=O) groups excluding carboxylic acids is 1. The summed E-state index contributed by atoms with van der Waals surface area (Å²) in [5.41, 5.74) is 0. The molecule has 2 amide bonds. The van der Waals surface area contributed by atoms with Crippen LogP contribution in [0, 0.1) is 5.92 Å². The highest BCUT2D eigenvalue weighted by Crippen LogP contribution is 1.96. The van der Waals surface area contributed by atoms with Crippen molar-refractivity contribution in [2.45, 2.75) is 33.2 Å². The van der Waals surface area contributed by atoms with E-state index in [1.165, 1.54) is 6.92 Å². The molecule has 0 aromatic heterocycles. The van der Waals surface area contributed by atoms with Crippen LogP contribution in [0.1, 0.15) is 27.2 Å². The predicted octanol–water partition coefficient (Wildman–Crippen LogP) is 0.805. The number of hydrogen-bond acceptors (Lipinski definition) is 2. The Labute approximate surface area is 83.9 Å². The minimum absolute atomic E-state index is 0.404. The Morgan fingerprint density at radius 1 is 1.36 bits per heavy atom. The number of nitrogens with one attached hydrogen (secondary N) is 2. The van der Waals surface area contributed by atoms with Crippen LogP contribution in [-0.2, 0) is 4.79 Å². The van der Waals surface area contributed by atoms with E-state index in [1.807, 2.05) is 13.8 Å². The van der Waals surface area contributed by atoms with E-state index in [-0.39, 0.29) is 0 Å². The van der Waals surface area contributed by atoms with E-state index in [2.05, 4.69) is 10.6 Å². The third-order valence-corrected chi connectivity index (χ3v) is 2.03. The summed E-state index contributed by atoms with van der Waals surface area (Å²) >= 11 is 0. The first-order valence-corrected chi connectivity index (χ1v) is 4.74. The Morgan fingerprint density at radius 3 is 2.36 bits per heavy atom. The maximum atomic E-state index is 11.1. The molecule has 2 atom stereocenters. The number of hydrogen-bond donors (Lipinski definition) is 3. The summed E-state index contributed by atoms with van der Waals surface area (Å²) < 4.78 is 0. The Hall–Kier alpha value is -1.26. The van der Waals surface area contributed by atoms with Crippen molar-refractivity contribution in [3.8, 4) is 0 Å². The second-order valence-corrected chi connectivity index (χ2v) is 3.43. The second-order valence-electron chi connectivity index (χ2n) is 3.43. The molecule has 0 fully saturated rings. The summed E-state index contributed by atoms with van der Waals surface area (Å²) in [6, 6.07) is -1.29. The summed E-state index contributed by atoms with van der Waals surface area (Å²) in [5, 5.41) is 13.4. The smallest absolute Gasteiger partial charge is 0.325 e. The van der Waals surface area contributed by atoms with Crippen molar-refractivity contribution in [1.29, 1.82) is 0 Å². The van der Waals surface area contributed by atoms with Gasteiger partial charge < -0.3 is 15.7 Å². The number of rotatable bonds is 5. The third-order valence-electron chi connectivity index (χ3n) is 2.03. The molecule has 0 aromatic carbocycles. The Bertz CT molecular complexity index is 206. The van der Waals surface area contributed by atoms with Crippen LogP contribution >= 0.6 is 0 Å². The summed E-state index contributed by atoms with van der Waals surface area (Å²) in [5.74, 6) is -0.635. The highest BCUT2D eigenvalue weighted by atomic mass is 16.4. The van der Waals surface area contributed by atoms with Crippen LogP contribution < -0.4 is 10.6 Å². The maximum Gasteiger partial charge on any atom is 0.325 e. The molecule has 5 nitrogen and oxygen atoms in total. The summed E-state index contributed by atoms with van der Waals surface area (Å²) in [6.07, 6.45) is 0.981. The topological polar surface area (TPSA) is 78.4 Å². The number of urea groups is 1. The van der Waals surface area contributed by atoms with Gasteiger partial charge in [-0.1, -0.05) is 20.3 Å². The number of carbonyl (C=O) groups is 2. The molecule has 0 aliphatic carbocycles. The third kappa shape index (κ3) is 5.40. The zero-order valence-corrected chi connectivity index (χ0v) is 8.83. The van der Waals surface area contributed by atoms with E-state index in [0.29, 0.717) is 12.5 Å². The number of amides is 2. The fraction of sp³-hybridized carbons (Fsp3) is 0.778. The van der Waals surface area contributed by atoms with E-state index >= 15 is 0 Å². The van der Waals surface area contributed by atoms with Crippen LogP contribution in [0.4, 0.5) is 4.79 Å². The van der Waals surface area contributed by atoms with E-state index in [0.717, 1.165) is 6.42 Å². The van der Waals surface area contributed by atoms with Gasteiger partial charge in [0.15, 0.2) is 0 Å². The van der Waals surface area contributed by atoms with Crippen molar-refractivity contribution in [1.82, 2.24) is 10.6 Å². The number of carboxylic acids is 1. The molecule has 0 bridgehead atoms. The normalized spacial score (nSPS) is 14.2. The lowest BCUT2D eigenvalue weighted by Gasteiger charge is -2.13. The first-order chi connectivity index (χ1) is 6.47. The molecule has 82 valence electrons. The number of carboxylic acid groups (broad SMARTS) is 1. The van der Waals surface area contributed by atoms with Crippen LogP contribution in [0.15, 0.2) is 0 Å². The molecule has 5 heteroatoms. The molecule has 0 radical (unpaired) electrons. The molecule has 0 aliphatic heterocycles. The van der Waals surface area contributed by atoms with Crippen LogP contribution in [0.2, 0.25) is 0 Å². The first kappa shape index (κ1) is 12.7. The van der Waals surface area contributed by atoms with Crippen LogP contribution in [0.3, 0.4) is 0 Å². The maximum absolute atomic E-state index is 11.1. The molecule has 0 spiro atoms. The van der Waals surface area contributed by atoms with E-state index in [1.54, 1.807) is 0 Å². The van der Waals surface area contributed by atoms with Crippen LogP contribution in [-0.4, -0.2) is 29.7 Å². The fourth-order valence-electron chi connectivity index (χ4n) is 0.721. The largest absolute Gasteiger partial charge is 0.480 e. The van der Waals surface area contributed by atoms with Gasteiger partial charge in [0.05, 0.1) is 0 Å². The SMILES string of the molecule is CCC(C)CNC(=O)N[C@H](C)C(=O)O. The van der Waals surface area contributed by atoms with Gasteiger partial charge in [-0.15, -0.1) is 0 Å². The van der Waals surface area contributed by atoms with Crippen LogP contribution in [0.25, 0.3) is 0 Å². The molecule has 0 rings (SSSR count). The molecule has 0 heterocycles. The zero-order chi connectivity index (χ0) is 11.1. The van der Waals surface area contributed by atoms with Gasteiger partial charge in [-0.25, -0.2) is 4.79 Å². The monoisotopic (exact) mass is 202 g/mol. The van der Waals surface area contributed by atoms with Crippen molar-refractivity contribution >= 4 is 12.0 Å². The first-order valence-electron chi connectivity index (χ1n) is 4.74. The quantitative estimate of drug-likeness (QED) is 0.617. The molecular formula is C9H18N2O3. The molecule has 0 aromatic rings. The van der Waals surface area contributed by atoms with Crippen molar-refractivity contribution in [3.63, 3.8) is 0 Å². The van der Waals surface area contributed by atoms with Gasteiger partial charge in [0.1, 0.15) is 6.04 Å². The van der Waals surface area contributed by atoms with Gasteiger partial charge in [0.25, 0.3) is 0 Å². The zero-order valence-electron chi connectivity index (χ0n) is 8.83. The molecular weight excluding hydrogens is 184 g/mol. The number of aliphatic carboxylic acids is 1. The minimum atomic E-state index is -1.04. The van der Waals surface area contributed by atoms with Crippen molar-refractivity contribution in [2.24, 2.45) is 5.92 Å². The van der Waals surface area contributed by atoms with Crippen molar-refractivity contribution < 1.29 is 14.7 Å². The molecule has 0 aliphatic rings. The predicted molar refractivity (Wildman–Crippen MR) is 53.1 cm³/mol. The average Bonchev–Trinajstić information content (AvgIpc) is 2.13. The van der Waals surface area contributed by atoms with Gasteiger partial charge in [-0.3, -0.25) is 4.79 Å². The lowest BCUT2D eigenvalue weighted by Crippen LogP contribution is -2.45.